The highest BCUT2D eigenvalue weighted by Crippen LogP contribution is 2.60. The molecule has 0 saturated heterocycles. The summed E-state index contributed by atoms with van der Waals surface area (Å²) < 4.78 is 73.1. The van der Waals surface area contributed by atoms with Crippen molar-refractivity contribution in [3.8, 4) is 0 Å². The molecule has 1 nitrogen and oxygen atoms in total. The normalized spacial score (nSPS) is 32.2. The Kier molecular flexibility index (Phi) is 2.74. The van der Waals surface area contributed by atoms with Crippen molar-refractivity contribution in [2.24, 2.45) is 11.8 Å². The summed E-state index contributed by atoms with van der Waals surface area (Å²) in [5.41, 5.74) is -2.65. The highest BCUT2D eigenvalue weighted by atomic mass is 19.4. The van der Waals surface area contributed by atoms with Crippen LogP contribution in [0, 0.1) is 11.8 Å². The zero-order chi connectivity index (χ0) is 12.1. The van der Waals surface area contributed by atoms with Crippen LogP contribution < -0.4 is 0 Å². The van der Waals surface area contributed by atoms with Crippen molar-refractivity contribution in [1.29, 1.82) is 0 Å². The Morgan fingerprint density at radius 3 is 1.80 bits per heavy atom. The molecule has 0 aromatic rings. The van der Waals surface area contributed by atoms with Gasteiger partial charge in [0.1, 0.15) is 0 Å². The minimum Gasteiger partial charge on any atom is -0.389 e. The average Bonchev–Trinajstić information content (AvgIpc) is 2.54. The molecule has 0 spiro atoms. The lowest BCUT2D eigenvalue weighted by Crippen LogP contribution is -2.47. The zero-order valence-corrected chi connectivity index (χ0v) is 7.78. The first-order valence-corrected chi connectivity index (χ1v) is 4.39. The zero-order valence-electron chi connectivity index (χ0n) is 7.78. The molecule has 1 N–H and O–H groups in total. The number of rotatable bonds is 2. The minimum atomic E-state index is -5.45. The lowest BCUT2D eigenvalue weighted by molar-refractivity contribution is -0.313. The highest BCUT2D eigenvalue weighted by molar-refractivity contribution is 5.10. The summed E-state index contributed by atoms with van der Waals surface area (Å²) >= 11 is 0. The van der Waals surface area contributed by atoms with Crippen LogP contribution in [-0.4, -0.2) is 23.1 Å². The van der Waals surface area contributed by atoms with Gasteiger partial charge in [-0.15, -0.1) is 0 Å². The number of hydrogen-bond acceptors (Lipinski definition) is 1. The fourth-order valence-electron chi connectivity index (χ4n) is 1.94. The van der Waals surface area contributed by atoms with Crippen LogP contribution in [0.5, 0.6) is 0 Å². The van der Waals surface area contributed by atoms with E-state index in [4.69, 9.17) is 0 Å². The number of alkyl halides is 6. The molecule has 1 saturated carbocycles. The van der Waals surface area contributed by atoms with E-state index in [0.29, 0.717) is 0 Å². The van der Waals surface area contributed by atoms with Crippen molar-refractivity contribution in [2.75, 3.05) is 0 Å². The van der Waals surface area contributed by atoms with Crippen molar-refractivity contribution >= 4 is 0 Å². The molecule has 15 heavy (non-hydrogen) atoms. The van der Waals surface area contributed by atoms with Crippen LogP contribution in [0.15, 0.2) is 0 Å². The maximum absolute atomic E-state index is 12.2. The molecule has 0 bridgehead atoms. The van der Waals surface area contributed by atoms with Crippen molar-refractivity contribution in [2.45, 2.75) is 37.7 Å². The van der Waals surface area contributed by atoms with E-state index in [-0.39, 0.29) is 6.42 Å². The molecule has 7 heteroatoms. The molecule has 1 rings (SSSR count). The summed E-state index contributed by atoms with van der Waals surface area (Å²) in [4.78, 5) is 0. The van der Waals surface area contributed by atoms with Gasteiger partial charge in [0, 0.05) is 0 Å². The summed E-state index contributed by atoms with van der Waals surface area (Å²) in [6, 6.07) is 0. The van der Waals surface area contributed by atoms with Crippen molar-refractivity contribution < 1.29 is 31.4 Å². The lowest BCUT2D eigenvalue weighted by atomic mass is 9.96. The molecule has 0 aromatic heterocycles. The second-order valence-electron chi connectivity index (χ2n) is 3.82. The second-order valence-corrected chi connectivity index (χ2v) is 3.82. The van der Waals surface area contributed by atoms with Crippen LogP contribution in [-0.2, 0) is 0 Å². The molecule has 0 heterocycles. The van der Waals surface area contributed by atoms with Gasteiger partial charge in [-0.05, 0) is 12.3 Å². The molecule has 0 aliphatic heterocycles. The van der Waals surface area contributed by atoms with Gasteiger partial charge < -0.3 is 5.11 Å². The first-order chi connectivity index (χ1) is 6.53. The Morgan fingerprint density at radius 1 is 1.20 bits per heavy atom. The summed E-state index contributed by atoms with van der Waals surface area (Å²) in [7, 11) is 0. The predicted molar refractivity (Wildman–Crippen MR) is 38.9 cm³/mol. The smallest absolute Gasteiger partial charge is 0.389 e. The summed E-state index contributed by atoms with van der Waals surface area (Å²) in [5, 5.41) is 9.28. The van der Waals surface area contributed by atoms with Gasteiger partial charge in [-0.1, -0.05) is 13.3 Å². The Morgan fingerprint density at radius 2 is 1.60 bits per heavy atom. The van der Waals surface area contributed by atoms with Gasteiger partial charge in [0.25, 0.3) is 0 Å². The molecular weight excluding hydrogens is 226 g/mol. The number of hydrogen-bond donors (Lipinski definition) is 1. The summed E-state index contributed by atoms with van der Waals surface area (Å²) in [6.45, 7) is 1.45. The van der Waals surface area contributed by atoms with Crippen molar-refractivity contribution in [3.05, 3.63) is 0 Å². The van der Waals surface area contributed by atoms with E-state index >= 15 is 0 Å². The topological polar surface area (TPSA) is 20.2 Å². The molecule has 0 amide bonds. The molecule has 1 fully saturated rings. The Balaban J connectivity index is 2.95. The standard InChI is InChI=1S/C8H10F6O/c1-2-4-3-6(4,15)5(7(9,10)11)8(12,13)14/h4-5,15H,2-3H2,1H3. The molecule has 0 radical (unpaired) electrons. The van der Waals surface area contributed by atoms with Gasteiger partial charge in [-0.3, -0.25) is 0 Å². The van der Waals surface area contributed by atoms with Gasteiger partial charge in [0.15, 0.2) is 5.92 Å². The van der Waals surface area contributed by atoms with Crippen LogP contribution in [0.4, 0.5) is 26.3 Å². The highest BCUT2D eigenvalue weighted by Gasteiger charge is 2.73. The van der Waals surface area contributed by atoms with Gasteiger partial charge in [-0.25, -0.2) is 0 Å². The average molecular weight is 236 g/mol. The Labute approximate surface area is 82.1 Å². The maximum Gasteiger partial charge on any atom is 0.403 e. The van der Waals surface area contributed by atoms with E-state index < -0.39 is 36.2 Å². The lowest BCUT2D eigenvalue weighted by Gasteiger charge is -2.28. The third-order valence-corrected chi connectivity index (χ3v) is 2.77. The Hall–Kier alpha value is -0.460. The van der Waals surface area contributed by atoms with Crippen LogP contribution in [0.3, 0.4) is 0 Å². The predicted octanol–water partition coefficient (Wildman–Crippen LogP) is 2.89. The molecule has 90 valence electrons. The van der Waals surface area contributed by atoms with E-state index in [1.807, 2.05) is 0 Å². The van der Waals surface area contributed by atoms with E-state index in [2.05, 4.69) is 0 Å². The van der Waals surface area contributed by atoms with Crippen LogP contribution in [0.25, 0.3) is 0 Å². The first kappa shape index (κ1) is 12.6. The second kappa shape index (κ2) is 3.26. The fraction of sp³-hybridized carbons (Fsp3) is 1.00. The van der Waals surface area contributed by atoms with Gasteiger partial charge in [0.2, 0.25) is 0 Å². The van der Waals surface area contributed by atoms with E-state index in [9.17, 15) is 31.4 Å². The van der Waals surface area contributed by atoms with Crippen molar-refractivity contribution in [1.82, 2.24) is 0 Å². The molecule has 2 unspecified atom stereocenters. The molecule has 2 atom stereocenters. The maximum atomic E-state index is 12.2. The van der Waals surface area contributed by atoms with Crippen LogP contribution in [0.2, 0.25) is 0 Å². The third-order valence-electron chi connectivity index (χ3n) is 2.77. The SMILES string of the molecule is CCC1CC1(O)C(C(F)(F)F)C(F)(F)F. The monoisotopic (exact) mass is 236 g/mol. The van der Waals surface area contributed by atoms with E-state index in [1.54, 1.807) is 0 Å². The summed E-state index contributed by atoms with van der Waals surface area (Å²) in [5.74, 6) is -4.53. The first-order valence-electron chi connectivity index (χ1n) is 4.39. The van der Waals surface area contributed by atoms with E-state index in [1.165, 1.54) is 6.92 Å². The van der Waals surface area contributed by atoms with Crippen molar-refractivity contribution in [3.63, 3.8) is 0 Å². The van der Waals surface area contributed by atoms with Crippen LogP contribution in [0.1, 0.15) is 19.8 Å². The number of halogens is 6. The summed E-state index contributed by atoms with van der Waals surface area (Å²) in [6.07, 6.45) is -11.2. The molecule has 1 aliphatic carbocycles. The number of aliphatic hydroxyl groups is 1. The minimum absolute atomic E-state index is 0.110. The van der Waals surface area contributed by atoms with Gasteiger partial charge >= 0.3 is 12.4 Å². The van der Waals surface area contributed by atoms with Crippen LogP contribution >= 0.6 is 0 Å². The molecular formula is C8H10F6O. The largest absolute Gasteiger partial charge is 0.403 e. The third kappa shape index (κ3) is 2.21. The quantitative estimate of drug-likeness (QED) is 0.731. The molecule has 0 aromatic carbocycles. The Bertz CT molecular complexity index is 230. The fourth-order valence-corrected chi connectivity index (χ4v) is 1.94. The van der Waals surface area contributed by atoms with Gasteiger partial charge in [0.05, 0.1) is 5.60 Å². The van der Waals surface area contributed by atoms with Gasteiger partial charge in [-0.2, -0.15) is 26.3 Å². The molecule has 1 aliphatic rings. The van der Waals surface area contributed by atoms with E-state index in [0.717, 1.165) is 0 Å².